The molecule has 1 aliphatic rings. The van der Waals surface area contributed by atoms with Crippen molar-refractivity contribution in [3.8, 4) is 10.6 Å². The highest BCUT2D eigenvalue weighted by Crippen LogP contribution is 2.23. The van der Waals surface area contributed by atoms with Gasteiger partial charge in [-0.25, -0.2) is 18.2 Å². The quantitative estimate of drug-likeness (QED) is 0.889. The fraction of sp³-hybridized carbons (Fsp3) is 0.412. The van der Waals surface area contributed by atoms with Gasteiger partial charge in [-0.15, -0.1) is 11.3 Å². The minimum Gasteiger partial charge on any atom is -0.332 e. The molecule has 1 atom stereocenters. The Bertz CT molecular complexity index is 834. The lowest BCUT2D eigenvalue weighted by Gasteiger charge is -2.20. The molecule has 1 aromatic carbocycles. The van der Waals surface area contributed by atoms with Crippen molar-refractivity contribution in [1.82, 2.24) is 15.2 Å². The number of rotatable bonds is 3. The van der Waals surface area contributed by atoms with Crippen molar-refractivity contribution in [1.29, 1.82) is 0 Å². The number of benzene rings is 1. The highest BCUT2D eigenvalue weighted by atomic mass is 32.2. The van der Waals surface area contributed by atoms with Gasteiger partial charge in [-0.2, -0.15) is 0 Å². The van der Waals surface area contributed by atoms with E-state index in [1.807, 2.05) is 35.7 Å². The number of aromatic nitrogens is 1. The maximum absolute atomic E-state index is 12.3. The summed E-state index contributed by atoms with van der Waals surface area (Å²) < 4.78 is 23.8. The molecular formula is C17H21N3O3S2. The van der Waals surface area contributed by atoms with Crippen LogP contribution in [0.4, 0.5) is 4.79 Å². The van der Waals surface area contributed by atoms with Crippen molar-refractivity contribution in [2.45, 2.75) is 25.1 Å². The molecule has 0 bridgehead atoms. The molecule has 8 heteroatoms. The molecule has 2 amide bonds. The number of thiazole rings is 1. The first-order chi connectivity index (χ1) is 12.0. The Hall–Kier alpha value is -1.93. The van der Waals surface area contributed by atoms with E-state index in [1.165, 1.54) is 11.3 Å². The average Bonchev–Trinajstić information content (AvgIpc) is 3.04. The molecule has 0 saturated carbocycles. The predicted molar refractivity (Wildman–Crippen MR) is 99.2 cm³/mol. The molecule has 2 aromatic rings. The second-order valence-corrected chi connectivity index (χ2v) is 9.52. The summed E-state index contributed by atoms with van der Waals surface area (Å²) in [7, 11) is -3.09. The number of nitrogens with one attached hydrogen (secondary N) is 1. The Morgan fingerprint density at radius 2 is 2.08 bits per heavy atom. The number of carbonyl (C=O) groups excluding carboxylic acids is 1. The first kappa shape index (κ1) is 17.9. The zero-order valence-corrected chi connectivity index (χ0v) is 15.6. The van der Waals surface area contributed by atoms with E-state index in [-0.39, 0.29) is 18.3 Å². The molecule has 1 fully saturated rings. The van der Waals surface area contributed by atoms with Crippen LogP contribution in [-0.2, 0) is 16.4 Å². The van der Waals surface area contributed by atoms with Gasteiger partial charge >= 0.3 is 6.03 Å². The fourth-order valence-electron chi connectivity index (χ4n) is 2.65. The highest BCUT2D eigenvalue weighted by molar-refractivity contribution is 7.92. The summed E-state index contributed by atoms with van der Waals surface area (Å²) in [5.74, 6) is 0.0242. The van der Waals surface area contributed by atoms with Crippen LogP contribution in [0.5, 0.6) is 0 Å². The largest absolute Gasteiger partial charge is 0.332 e. The number of carbonyl (C=O) groups is 1. The number of hydrogen-bond acceptors (Lipinski definition) is 5. The second-order valence-electron chi connectivity index (χ2n) is 6.12. The number of urea groups is 1. The molecule has 25 heavy (non-hydrogen) atoms. The summed E-state index contributed by atoms with van der Waals surface area (Å²) in [4.78, 5) is 18.4. The summed E-state index contributed by atoms with van der Waals surface area (Å²) in [5.41, 5.74) is 1.85. The molecule has 134 valence electrons. The van der Waals surface area contributed by atoms with Gasteiger partial charge in [-0.1, -0.05) is 30.3 Å². The van der Waals surface area contributed by atoms with E-state index in [4.69, 9.17) is 0 Å². The van der Waals surface area contributed by atoms with Crippen LogP contribution in [0.25, 0.3) is 10.6 Å². The normalized spacial score (nSPS) is 20.0. The van der Waals surface area contributed by atoms with Gasteiger partial charge in [0.05, 0.1) is 23.2 Å². The monoisotopic (exact) mass is 379 g/mol. The summed E-state index contributed by atoms with van der Waals surface area (Å²) in [6, 6.07) is 9.65. The van der Waals surface area contributed by atoms with Gasteiger partial charge in [0.25, 0.3) is 0 Å². The molecule has 0 aliphatic carbocycles. The Balaban J connectivity index is 1.57. The van der Waals surface area contributed by atoms with Gasteiger partial charge < -0.3 is 10.2 Å². The van der Waals surface area contributed by atoms with Crippen LogP contribution in [0.3, 0.4) is 0 Å². The lowest BCUT2D eigenvalue weighted by molar-refractivity contribution is 0.200. The summed E-state index contributed by atoms with van der Waals surface area (Å²) >= 11 is 1.54. The number of sulfone groups is 1. The Kier molecular flexibility index (Phi) is 5.39. The van der Waals surface area contributed by atoms with Crippen LogP contribution in [0, 0.1) is 0 Å². The van der Waals surface area contributed by atoms with Gasteiger partial charge in [0, 0.05) is 24.0 Å². The van der Waals surface area contributed by atoms with E-state index in [0.29, 0.717) is 19.5 Å². The van der Waals surface area contributed by atoms with Crippen molar-refractivity contribution in [2.75, 3.05) is 18.8 Å². The van der Waals surface area contributed by atoms with Crippen LogP contribution in [0.15, 0.2) is 35.7 Å². The lowest BCUT2D eigenvalue weighted by Crippen LogP contribution is -2.41. The van der Waals surface area contributed by atoms with Gasteiger partial charge in [-0.3, -0.25) is 0 Å². The van der Waals surface area contributed by atoms with E-state index in [9.17, 15) is 13.2 Å². The van der Waals surface area contributed by atoms with E-state index in [2.05, 4.69) is 10.3 Å². The van der Waals surface area contributed by atoms with Crippen LogP contribution >= 0.6 is 11.3 Å². The number of nitrogens with zero attached hydrogens (tertiary/aromatic N) is 2. The maximum atomic E-state index is 12.3. The summed E-state index contributed by atoms with van der Waals surface area (Å²) in [6.45, 7) is 2.74. The molecule has 6 nitrogen and oxygen atoms in total. The number of hydrogen-bond donors (Lipinski definition) is 1. The van der Waals surface area contributed by atoms with Gasteiger partial charge in [0.15, 0.2) is 9.84 Å². The third-order valence-electron chi connectivity index (χ3n) is 4.34. The molecule has 1 saturated heterocycles. The third-order valence-corrected chi connectivity index (χ3v) is 7.50. The molecule has 1 unspecified atom stereocenters. The Morgan fingerprint density at radius 1 is 1.32 bits per heavy atom. The van der Waals surface area contributed by atoms with Crippen LogP contribution < -0.4 is 5.32 Å². The Labute approximate surface area is 151 Å². The van der Waals surface area contributed by atoms with E-state index >= 15 is 0 Å². The molecule has 3 rings (SSSR count). The molecule has 0 spiro atoms. The SMILES string of the molecule is CC1CCN(C(=O)NCc2csc(-c3ccccc3)n2)CCS1(=O)=O. The van der Waals surface area contributed by atoms with Gasteiger partial charge in [0.1, 0.15) is 5.01 Å². The zero-order chi connectivity index (χ0) is 17.9. The van der Waals surface area contributed by atoms with Crippen LogP contribution in [0.1, 0.15) is 19.0 Å². The van der Waals surface area contributed by atoms with E-state index < -0.39 is 15.1 Å². The first-order valence-corrected chi connectivity index (χ1v) is 10.8. The van der Waals surface area contributed by atoms with Crippen molar-refractivity contribution in [2.24, 2.45) is 0 Å². The van der Waals surface area contributed by atoms with Crippen molar-refractivity contribution < 1.29 is 13.2 Å². The fourth-order valence-corrected chi connectivity index (χ4v) is 4.82. The summed E-state index contributed by atoms with van der Waals surface area (Å²) in [5, 5.41) is 5.29. The van der Waals surface area contributed by atoms with Gasteiger partial charge in [0.2, 0.25) is 0 Å². The first-order valence-electron chi connectivity index (χ1n) is 8.20. The second kappa shape index (κ2) is 7.53. The van der Waals surface area contributed by atoms with E-state index in [1.54, 1.807) is 11.8 Å². The molecule has 2 heterocycles. The molecule has 1 aliphatic heterocycles. The van der Waals surface area contributed by atoms with Crippen LogP contribution in [-0.4, -0.2) is 48.4 Å². The molecular weight excluding hydrogens is 358 g/mol. The highest BCUT2D eigenvalue weighted by Gasteiger charge is 2.28. The van der Waals surface area contributed by atoms with Crippen molar-refractivity contribution in [3.63, 3.8) is 0 Å². The molecule has 1 aromatic heterocycles. The molecule has 0 radical (unpaired) electrons. The van der Waals surface area contributed by atoms with Gasteiger partial charge in [-0.05, 0) is 13.3 Å². The number of amides is 2. The predicted octanol–water partition coefficient (Wildman–Crippen LogP) is 2.53. The minimum atomic E-state index is -3.09. The zero-order valence-electron chi connectivity index (χ0n) is 14.0. The van der Waals surface area contributed by atoms with E-state index in [0.717, 1.165) is 16.3 Å². The average molecular weight is 380 g/mol. The minimum absolute atomic E-state index is 0.0242. The Morgan fingerprint density at radius 3 is 2.84 bits per heavy atom. The topological polar surface area (TPSA) is 79.4 Å². The maximum Gasteiger partial charge on any atom is 0.317 e. The lowest BCUT2D eigenvalue weighted by atomic mass is 10.2. The molecule has 1 N–H and O–H groups in total. The van der Waals surface area contributed by atoms with Crippen molar-refractivity contribution in [3.05, 3.63) is 41.4 Å². The third kappa shape index (κ3) is 4.38. The standard InChI is InChI=1S/C17H21N3O3S2/c1-13-7-8-20(9-10-25(13,22)23)17(21)18-11-15-12-24-16(19-15)14-5-3-2-4-6-14/h2-6,12-13H,7-11H2,1H3,(H,18,21). The van der Waals surface area contributed by atoms with Crippen LogP contribution in [0.2, 0.25) is 0 Å². The summed E-state index contributed by atoms with van der Waals surface area (Å²) in [6.07, 6.45) is 0.477. The smallest absolute Gasteiger partial charge is 0.317 e. The van der Waals surface area contributed by atoms with Crippen molar-refractivity contribution >= 4 is 27.2 Å².